The molecule has 84 valence electrons. The molecule has 4 heteroatoms. The van der Waals surface area contributed by atoms with Crippen molar-refractivity contribution in [2.24, 2.45) is 5.41 Å². The Labute approximate surface area is 90.1 Å². The van der Waals surface area contributed by atoms with Gasteiger partial charge in [-0.25, -0.2) is 4.98 Å². The van der Waals surface area contributed by atoms with Crippen molar-refractivity contribution in [2.75, 3.05) is 0 Å². The van der Waals surface area contributed by atoms with Crippen LogP contribution in [0.25, 0.3) is 0 Å². The van der Waals surface area contributed by atoms with E-state index in [1.54, 1.807) is 0 Å². The van der Waals surface area contributed by atoms with E-state index in [-0.39, 0.29) is 11.5 Å². The van der Waals surface area contributed by atoms with Crippen molar-refractivity contribution in [2.45, 2.75) is 45.9 Å². The first-order valence-electron chi connectivity index (χ1n) is 5.42. The van der Waals surface area contributed by atoms with Crippen molar-refractivity contribution < 1.29 is 5.11 Å². The molecule has 2 atom stereocenters. The summed E-state index contributed by atoms with van der Waals surface area (Å²) < 4.78 is 0. The molecule has 0 saturated heterocycles. The van der Waals surface area contributed by atoms with Crippen LogP contribution in [0.15, 0.2) is 6.20 Å². The molecule has 0 bridgehead atoms. The number of aromatic nitrogens is 2. The predicted octanol–water partition coefficient (Wildman–Crippen LogP) is 0.967. The van der Waals surface area contributed by atoms with E-state index >= 15 is 0 Å². The van der Waals surface area contributed by atoms with Gasteiger partial charge >= 0.3 is 0 Å². The summed E-state index contributed by atoms with van der Waals surface area (Å²) in [6, 6.07) is 0.399. The second-order valence-electron chi connectivity index (χ2n) is 5.00. The Kier molecular flexibility index (Phi) is 2.56. The number of H-pyrrole nitrogens is 1. The monoisotopic (exact) mass is 209 g/mol. The summed E-state index contributed by atoms with van der Waals surface area (Å²) in [4.78, 5) is 7.33. The average Bonchev–Trinajstić information content (AvgIpc) is 2.58. The van der Waals surface area contributed by atoms with Gasteiger partial charge in [0.05, 0.1) is 6.10 Å². The molecule has 15 heavy (non-hydrogen) atoms. The highest BCUT2D eigenvalue weighted by Crippen LogP contribution is 2.40. The molecule has 4 nitrogen and oxygen atoms in total. The molecule has 0 aromatic carbocycles. The van der Waals surface area contributed by atoms with Gasteiger partial charge in [-0.1, -0.05) is 13.8 Å². The highest BCUT2D eigenvalue weighted by atomic mass is 16.3. The van der Waals surface area contributed by atoms with Crippen LogP contribution in [-0.4, -0.2) is 27.2 Å². The maximum atomic E-state index is 9.59. The number of aryl methyl sites for hydroxylation is 1. The molecule has 1 aromatic heterocycles. The van der Waals surface area contributed by atoms with Gasteiger partial charge in [-0.3, -0.25) is 0 Å². The first-order valence-corrected chi connectivity index (χ1v) is 5.42. The zero-order chi connectivity index (χ0) is 11.1. The maximum absolute atomic E-state index is 9.59. The molecule has 1 saturated carbocycles. The molecule has 0 amide bonds. The van der Waals surface area contributed by atoms with Gasteiger partial charge in [-0.05, 0) is 13.3 Å². The predicted molar refractivity (Wildman–Crippen MR) is 58.4 cm³/mol. The molecule has 1 aliphatic carbocycles. The quantitative estimate of drug-likeness (QED) is 0.695. The standard InChI is InChI=1S/C11H19N3O/c1-7-12-5-8(14-7)6-13-9-4-10(15)11(9,2)3/h5,9-10,13,15H,4,6H2,1-3H3,(H,12,14). The molecule has 1 fully saturated rings. The number of hydrogen-bond acceptors (Lipinski definition) is 3. The maximum Gasteiger partial charge on any atom is 0.103 e. The van der Waals surface area contributed by atoms with Gasteiger partial charge in [0.1, 0.15) is 5.82 Å². The van der Waals surface area contributed by atoms with Gasteiger partial charge in [0.2, 0.25) is 0 Å². The van der Waals surface area contributed by atoms with E-state index in [1.165, 1.54) is 0 Å². The van der Waals surface area contributed by atoms with Crippen LogP contribution < -0.4 is 5.32 Å². The number of nitrogens with one attached hydrogen (secondary N) is 2. The fraction of sp³-hybridized carbons (Fsp3) is 0.727. The summed E-state index contributed by atoms with van der Waals surface area (Å²) >= 11 is 0. The molecular formula is C11H19N3O. The zero-order valence-corrected chi connectivity index (χ0v) is 9.54. The van der Waals surface area contributed by atoms with E-state index < -0.39 is 0 Å². The molecule has 1 aromatic rings. The van der Waals surface area contributed by atoms with Crippen LogP contribution in [0.4, 0.5) is 0 Å². The molecule has 1 aliphatic rings. The SMILES string of the molecule is Cc1ncc(CNC2CC(O)C2(C)C)[nH]1. The largest absolute Gasteiger partial charge is 0.392 e. The van der Waals surface area contributed by atoms with Crippen LogP contribution in [0.2, 0.25) is 0 Å². The summed E-state index contributed by atoms with van der Waals surface area (Å²) in [5.74, 6) is 0.944. The zero-order valence-electron chi connectivity index (χ0n) is 9.54. The fourth-order valence-corrected chi connectivity index (χ4v) is 2.04. The van der Waals surface area contributed by atoms with E-state index in [9.17, 15) is 5.11 Å². The Morgan fingerprint density at radius 2 is 2.40 bits per heavy atom. The number of hydrogen-bond donors (Lipinski definition) is 3. The molecule has 0 spiro atoms. The van der Waals surface area contributed by atoms with Gasteiger partial charge in [0.15, 0.2) is 0 Å². The minimum Gasteiger partial charge on any atom is -0.392 e. The van der Waals surface area contributed by atoms with Crippen molar-refractivity contribution in [3.05, 3.63) is 17.7 Å². The lowest BCUT2D eigenvalue weighted by Gasteiger charge is -2.49. The highest BCUT2D eigenvalue weighted by molar-refractivity contribution is 5.05. The Balaban J connectivity index is 1.85. The number of aliphatic hydroxyl groups excluding tert-OH is 1. The Morgan fingerprint density at radius 1 is 1.67 bits per heavy atom. The van der Waals surface area contributed by atoms with E-state index in [0.717, 1.165) is 24.5 Å². The minimum atomic E-state index is -0.168. The van der Waals surface area contributed by atoms with Crippen molar-refractivity contribution in [1.82, 2.24) is 15.3 Å². The first-order chi connectivity index (χ1) is 7.00. The highest BCUT2D eigenvalue weighted by Gasteiger charge is 2.46. The smallest absolute Gasteiger partial charge is 0.103 e. The molecule has 0 aliphatic heterocycles. The van der Waals surface area contributed by atoms with Crippen LogP contribution in [0.3, 0.4) is 0 Å². The Hall–Kier alpha value is -0.870. The molecule has 0 radical (unpaired) electrons. The third-order valence-corrected chi connectivity index (χ3v) is 3.51. The number of aromatic amines is 1. The summed E-state index contributed by atoms with van der Waals surface area (Å²) in [6.45, 7) is 6.93. The second kappa shape index (κ2) is 3.61. The van der Waals surface area contributed by atoms with E-state index in [1.807, 2.05) is 13.1 Å². The van der Waals surface area contributed by atoms with E-state index in [4.69, 9.17) is 0 Å². The van der Waals surface area contributed by atoms with Gasteiger partial charge in [0.25, 0.3) is 0 Å². The minimum absolute atomic E-state index is 0.00489. The van der Waals surface area contributed by atoms with Crippen LogP contribution in [0.1, 0.15) is 31.8 Å². The fourth-order valence-electron chi connectivity index (χ4n) is 2.04. The van der Waals surface area contributed by atoms with Crippen molar-refractivity contribution in [1.29, 1.82) is 0 Å². The van der Waals surface area contributed by atoms with Crippen LogP contribution in [0.5, 0.6) is 0 Å². The summed E-state index contributed by atoms with van der Waals surface area (Å²) in [6.07, 6.45) is 2.53. The van der Waals surface area contributed by atoms with Crippen LogP contribution >= 0.6 is 0 Å². The molecule has 2 unspecified atom stereocenters. The summed E-state index contributed by atoms with van der Waals surface area (Å²) in [5, 5.41) is 13.0. The molecule has 3 N–H and O–H groups in total. The topological polar surface area (TPSA) is 60.9 Å². The molecule has 1 heterocycles. The summed E-state index contributed by atoms with van der Waals surface area (Å²) in [7, 11) is 0. The second-order valence-corrected chi connectivity index (χ2v) is 5.00. The summed E-state index contributed by atoms with van der Waals surface area (Å²) in [5.41, 5.74) is 1.10. The van der Waals surface area contributed by atoms with Crippen molar-refractivity contribution in [3.8, 4) is 0 Å². The van der Waals surface area contributed by atoms with E-state index in [2.05, 4.69) is 29.1 Å². The van der Waals surface area contributed by atoms with Crippen LogP contribution in [-0.2, 0) is 6.54 Å². The number of aliphatic hydroxyl groups is 1. The third kappa shape index (κ3) is 1.92. The molecular weight excluding hydrogens is 190 g/mol. The third-order valence-electron chi connectivity index (χ3n) is 3.51. The lowest BCUT2D eigenvalue weighted by molar-refractivity contribution is -0.0730. The first kappa shape index (κ1) is 10.6. The lowest BCUT2D eigenvalue weighted by Crippen LogP contribution is -2.59. The van der Waals surface area contributed by atoms with Crippen molar-refractivity contribution in [3.63, 3.8) is 0 Å². The van der Waals surface area contributed by atoms with Gasteiger partial charge in [-0.2, -0.15) is 0 Å². The van der Waals surface area contributed by atoms with Gasteiger partial charge in [-0.15, -0.1) is 0 Å². The number of imidazole rings is 1. The average molecular weight is 209 g/mol. The number of nitrogens with zero attached hydrogens (tertiary/aromatic N) is 1. The lowest BCUT2D eigenvalue weighted by atomic mass is 9.64. The molecule has 2 rings (SSSR count). The van der Waals surface area contributed by atoms with Gasteiger partial charge in [0, 0.05) is 29.9 Å². The normalized spacial score (nSPS) is 28.8. The van der Waals surface area contributed by atoms with E-state index in [0.29, 0.717) is 6.04 Å². The Morgan fingerprint density at radius 3 is 2.87 bits per heavy atom. The van der Waals surface area contributed by atoms with Crippen molar-refractivity contribution >= 4 is 0 Å². The van der Waals surface area contributed by atoms with Crippen LogP contribution in [0, 0.1) is 12.3 Å². The van der Waals surface area contributed by atoms with Gasteiger partial charge < -0.3 is 15.4 Å². The Bertz CT molecular complexity index is 345. The number of rotatable bonds is 3.